The average molecular weight is 327 g/mol. The van der Waals surface area contributed by atoms with Gasteiger partial charge in [-0.05, 0) is 48.1 Å². The Kier molecular flexibility index (Phi) is 3.18. The van der Waals surface area contributed by atoms with Crippen molar-refractivity contribution in [2.45, 2.75) is 30.6 Å². The summed E-state index contributed by atoms with van der Waals surface area (Å²) >= 11 is 5.62. The number of benzene rings is 1. The summed E-state index contributed by atoms with van der Waals surface area (Å²) in [6, 6.07) is 6.17. The molecule has 2 aliphatic rings. The third-order valence-corrected chi connectivity index (χ3v) is 5.93. The van der Waals surface area contributed by atoms with E-state index in [9.17, 15) is 9.90 Å². The molecular formula is C14H15BrO2S. The first-order chi connectivity index (χ1) is 8.63. The monoisotopic (exact) mass is 326 g/mol. The van der Waals surface area contributed by atoms with E-state index in [2.05, 4.69) is 22.0 Å². The van der Waals surface area contributed by atoms with Gasteiger partial charge >= 0.3 is 5.97 Å². The molecule has 1 aliphatic carbocycles. The Bertz CT molecular complexity index is 491. The highest BCUT2D eigenvalue weighted by Gasteiger charge is 2.51. The summed E-state index contributed by atoms with van der Waals surface area (Å²) in [7, 11) is 0. The number of halogens is 1. The van der Waals surface area contributed by atoms with Gasteiger partial charge in [-0.25, -0.2) is 0 Å². The maximum absolute atomic E-state index is 11.3. The van der Waals surface area contributed by atoms with Crippen molar-refractivity contribution in [3.8, 4) is 0 Å². The molecule has 0 spiro atoms. The topological polar surface area (TPSA) is 37.3 Å². The van der Waals surface area contributed by atoms with Crippen LogP contribution in [-0.4, -0.2) is 22.6 Å². The van der Waals surface area contributed by atoms with Gasteiger partial charge in [-0.1, -0.05) is 28.1 Å². The van der Waals surface area contributed by atoms with Crippen molar-refractivity contribution in [1.82, 2.24) is 0 Å². The summed E-state index contributed by atoms with van der Waals surface area (Å²) < 4.78 is 1.08. The van der Waals surface area contributed by atoms with Crippen molar-refractivity contribution < 1.29 is 9.90 Å². The van der Waals surface area contributed by atoms with Gasteiger partial charge in [0.25, 0.3) is 0 Å². The van der Waals surface area contributed by atoms with Gasteiger partial charge in [0.15, 0.2) is 0 Å². The Morgan fingerprint density at radius 2 is 2.22 bits per heavy atom. The normalized spacial score (nSPS) is 25.1. The minimum atomic E-state index is -0.682. The van der Waals surface area contributed by atoms with Crippen LogP contribution < -0.4 is 0 Å². The highest BCUT2D eigenvalue weighted by molar-refractivity contribution is 9.10. The smallest absolute Gasteiger partial charge is 0.314 e. The zero-order chi connectivity index (χ0) is 12.8. The Hall–Kier alpha value is -0.480. The molecule has 1 saturated heterocycles. The minimum absolute atomic E-state index is 0.592. The molecule has 1 saturated carbocycles. The molecule has 1 N–H and O–H groups in total. The van der Waals surface area contributed by atoms with E-state index in [-0.39, 0.29) is 0 Å². The third kappa shape index (κ3) is 1.99. The molecule has 0 aromatic heterocycles. The lowest BCUT2D eigenvalue weighted by Crippen LogP contribution is -2.19. The molecule has 0 radical (unpaired) electrons. The quantitative estimate of drug-likeness (QED) is 0.918. The zero-order valence-corrected chi connectivity index (χ0v) is 12.4. The number of carbonyl (C=O) groups is 1. The third-order valence-electron chi connectivity index (χ3n) is 4.08. The van der Waals surface area contributed by atoms with Gasteiger partial charge in [0, 0.05) is 10.2 Å². The number of aliphatic carboxylic acids is 1. The lowest BCUT2D eigenvalue weighted by Gasteiger charge is -2.15. The number of carboxylic acid groups (broad SMARTS) is 1. The van der Waals surface area contributed by atoms with E-state index in [0.717, 1.165) is 22.9 Å². The molecule has 18 heavy (non-hydrogen) atoms. The van der Waals surface area contributed by atoms with Crippen LogP contribution in [0.5, 0.6) is 0 Å². The lowest BCUT2D eigenvalue weighted by molar-refractivity contribution is -0.140. The maximum Gasteiger partial charge on any atom is 0.314 e. The van der Waals surface area contributed by atoms with E-state index in [1.807, 2.05) is 23.9 Å². The van der Waals surface area contributed by atoms with Crippen LogP contribution in [0.2, 0.25) is 0 Å². The Morgan fingerprint density at radius 3 is 2.72 bits per heavy atom. The van der Waals surface area contributed by atoms with E-state index in [1.54, 1.807) is 0 Å². The fourth-order valence-electron chi connectivity index (χ4n) is 2.69. The van der Waals surface area contributed by atoms with Crippen molar-refractivity contribution in [2.75, 3.05) is 11.5 Å². The first-order valence-electron chi connectivity index (χ1n) is 6.24. The van der Waals surface area contributed by atoms with Gasteiger partial charge in [0.2, 0.25) is 0 Å². The van der Waals surface area contributed by atoms with E-state index >= 15 is 0 Å². The second-order valence-electron chi connectivity index (χ2n) is 5.18. The van der Waals surface area contributed by atoms with Crippen LogP contribution in [0.4, 0.5) is 0 Å². The van der Waals surface area contributed by atoms with Crippen molar-refractivity contribution >= 4 is 33.7 Å². The fourth-order valence-corrected chi connectivity index (χ4v) is 4.64. The Labute approximate surface area is 119 Å². The first kappa shape index (κ1) is 12.5. The molecule has 1 atom stereocenters. The van der Waals surface area contributed by atoms with Crippen molar-refractivity contribution in [3.05, 3.63) is 33.8 Å². The summed E-state index contributed by atoms with van der Waals surface area (Å²) in [5.41, 5.74) is 1.70. The average Bonchev–Trinajstić information content (AvgIpc) is 2.99. The van der Waals surface area contributed by atoms with E-state index in [4.69, 9.17) is 0 Å². The van der Waals surface area contributed by atoms with Gasteiger partial charge in [0.05, 0.1) is 5.41 Å². The molecule has 1 aromatic rings. The molecule has 3 rings (SSSR count). The summed E-state index contributed by atoms with van der Waals surface area (Å²) in [5.74, 6) is 2.36. The second kappa shape index (κ2) is 4.57. The second-order valence-corrected chi connectivity index (χ2v) is 7.19. The number of rotatable bonds is 3. The van der Waals surface area contributed by atoms with Crippen LogP contribution >= 0.6 is 27.7 Å². The van der Waals surface area contributed by atoms with Gasteiger partial charge in [-0.3, -0.25) is 4.79 Å². The lowest BCUT2D eigenvalue weighted by atomic mass is 9.92. The van der Waals surface area contributed by atoms with Crippen LogP contribution in [0.3, 0.4) is 0 Å². The van der Waals surface area contributed by atoms with Crippen molar-refractivity contribution in [3.63, 3.8) is 0 Å². The number of hydrogen-bond acceptors (Lipinski definition) is 2. The zero-order valence-electron chi connectivity index (χ0n) is 9.99. The summed E-state index contributed by atoms with van der Waals surface area (Å²) in [6.07, 6.45) is 2.77. The van der Waals surface area contributed by atoms with Crippen LogP contribution in [0.15, 0.2) is 22.7 Å². The largest absolute Gasteiger partial charge is 0.481 e. The summed E-state index contributed by atoms with van der Waals surface area (Å²) in [4.78, 5) is 11.3. The van der Waals surface area contributed by atoms with Gasteiger partial charge in [-0.2, -0.15) is 11.8 Å². The molecule has 2 fully saturated rings. The molecule has 0 bridgehead atoms. The van der Waals surface area contributed by atoms with Crippen LogP contribution in [0.1, 0.15) is 36.3 Å². The Morgan fingerprint density at radius 1 is 1.44 bits per heavy atom. The van der Waals surface area contributed by atoms with Gasteiger partial charge < -0.3 is 5.11 Å². The standard InChI is InChI=1S/C14H15BrO2S/c15-12-7-10(14(4-5-14)13(16)17)1-2-11(12)9-3-6-18-8-9/h1-2,7,9H,3-6,8H2,(H,16,17). The molecular weight excluding hydrogens is 312 g/mol. The molecule has 4 heteroatoms. The summed E-state index contributed by atoms with van der Waals surface area (Å²) in [5, 5.41) is 9.31. The van der Waals surface area contributed by atoms with Crippen molar-refractivity contribution in [1.29, 1.82) is 0 Å². The SMILES string of the molecule is O=C(O)C1(c2ccc(C3CCSC3)c(Br)c2)CC1. The molecule has 0 amide bonds. The van der Waals surface area contributed by atoms with Crippen LogP contribution in [0, 0.1) is 0 Å². The van der Waals surface area contributed by atoms with E-state index < -0.39 is 11.4 Å². The molecule has 1 heterocycles. The van der Waals surface area contributed by atoms with E-state index in [1.165, 1.54) is 23.5 Å². The first-order valence-corrected chi connectivity index (χ1v) is 8.19. The highest BCUT2D eigenvalue weighted by Crippen LogP contribution is 2.49. The van der Waals surface area contributed by atoms with Crippen molar-refractivity contribution in [2.24, 2.45) is 0 Å². The van der Waals surface area contributed by atoms with Crippen LogP contribution in [0.25, 0.3) is 0 Å². The summed E-state index contributed by atoms with van der Waals surface area (Å²) in [6.45, 7) is 0. The highest BCUT2D eigenvalue weighted by atomic mass is 79.9. The number of thioether (sulfide) groups is 1. The molecule has 1 aliphatic heterocycles. The maximum atomic E-state index is 11.3. The fraction of sp³-hybridized carbons (Fsp3) is 0.500. The molecule has 1 aromatic carbocycles. The molecule has 96 valence electrons. The number of carboxylic acids is 1. The minimum Gasteiger partial charge on any atom is -0.481 e. The Balaban J connectivity index is 1.92. The van der Waals surface area contributed by atoms with E-state index in [0.29, 0.717) is 5.92 Å². The van der Waals surface area contributed by atoms with Crippen LogP contribution in [-0.2, 0) is 10.2 Å². The molecule has 2 nitrogen and oxygen atoms in total. The van der Waals surface area contributed by atoms with Gasteiger partial charge in [-0.15, -0.1) is 0 Å². The number of hydrogen-bond donors (Lipinski definition) is 1. The van der Waals surface area contributed by atoms with Gasteiger partial charge in [0.1, 0.15) is 0 Å². The predicted octanol–water partition coefficient (Wildman–Crippen LogP) is 3.79. The predicted molar refractivity (Wildman–Crippen MR) is 77.4 cm³/mol. The molecule has 1 unspecified atom stereocenters.